The molecule has 0 bridgehead atoms. The van der Waals surface area contributed by atoms with Gasteiger partial charge in [-0.3, -0.25) is 0 Å². The van der Waals surface area contributed by atoms with E-state index in [2.05, 4.69) is 4.98 Å². The summed E-state index contributed by atoms with van der Waals surface area (Å²) in [4.78, 5) is 5.27. The summed E-state index contributed by atoms with van der Waals surface area (Å²) < 4.78 is 6.02. The lowest BCUT2D eigenvalue weighted by Gasteiger charge is -2.39. The van der Waals surface area contributed by atoms with Crippen molar-refractivity contribution < 1.29 is 9.84 Å². The second-order valence-corrected chi connectivity index (χ2v) is 6.98. The summed E-state index contributed by atoms with van der Waals surface area (Å²) in [5.41, 5.74) is 0.0869. The molecule has 1 saturated heterocycles. The molecule has 3 rings (SSSR count). The molecule has 0 aromatic carbocycles. The topological polar surface area (TPSA) is 42.4 Å². The zero-order chi connectivity index (χ0) is 12.6. The highest BCUT2D eigenvalue weighted by Crippen LogP contribution is 2.45. The average Bonchev–Trinajstić information content (AvgIpc) is 2.98. The molecule has 2 fully saturated rings. The van der Waals surface area contributed by atoms with E-state index >= 15 is 0 Å². The van der Waals surface area contributed by atoms with Gasteiger partial charge in [-0.1, -0.05) is 12.8 Å². The van der Waals surface area contributed by atoms with E-state index in [0.717, 1.165) is 29.3 Å². The molecule has 1 aliphatic heterocycles. The van der Waals surface area contributed by atoms with E-state index in [-0.39, 0.29) is 11.7 Å². The zero-order valence-corrected chi connectivity index (χ0v) is 11.7. The predicted octanol–water partition coefficient (Wildman–Crippen LogP) is 3.22. The maximum absolute atomic E-state index is 10.5. The van der Waals surface area contributed by atoms with Gasteiger partial charge in [-0.05, 0) is 38.5 Å². The van der Waals surface area contributed by atoms with Crippen LogP contribution in [0.1, 0.15) is 54.5 Å². The fraction of sp³-hybridized carbons (Fsp3) is 0.786. The Morgan fingerprint density at radius 1 is 1.50 bits per heavy atom. The highest BCUT2D eigenvalue weighted by molar-refractivity contribution is 7.11. The first-order chi connectivity index (χ1) is 8.69. The number of hydrogen-bond donors (Lipinski definition) is 1. The third-order valence-electron chi connectivity index (χ3n) is 4.42. The van der Waals surface area contributed by atoms with Crippen molar-refractivity contribution in [3.63, 3.8) is 0 Å². The quantitative estimate of drug-likeness (QED) is 0.894. The lowest BCUT2D eigenvalue weighted by molar-refractivity contribution is -0.113. The van der Waals surface area contributed by atoms with Crippen LogP contribution in [-0.4, -0.2) is 22.3 Å². The summed E-state index contributed by atoms with van der Waals surface area (Å²) in [7, 11) is 0. The highest BCUT2D eigenvalue weighted by atomic mass is 32.1. The van der Waals surface area contributed by atoms with Crippen LogP contribution in [-0.2, 0) is 4.74 Å². The Bertz CT molecular complexity index is 412. The first-order valence-electron chi connectivity index (χ1n) is 6.93. The van der Waals surface area contributed by atoms with Crippen LogP contribution in [0.15, 0.2) is 6.20 Å². The molecule has 3 nitrogen and oxygen atoms in total. The van der Waals surface area contributed by atoms with Gasteiger partial charge in [0.2, 0.25) is 0 Å². The second kappa shape index (κ2) is 4.91. The Balaban J connectivity index is 1.72. The maximum Gasteiger partial charge on any atom is 0.0928 e. The Morgan fingerprint density at radius 3 is 2.94 bits per heavy atom. The van der Waals surface area contributed by atoms with Crippen LogP contribution in [0.2, 0.25) is 0 Å². The Kier molecular flexibility index (Phi) is 3.43. The number of rotatable bonds is 2. The molecule has 1 aromatic heterocycles. The Labute approximate surface area is 112 Å². The molecule has 2 atom stereocenters. The van der Waals surface area contributed by atoms with Crippen LogP contribution in [0, 0.1) is 12.8 Å². The number of aliphatic hydroxyl groups is 1. The number of aromatic nitrogens is 1. The van der Waals surface area contributed by atoms with Crippen molar-refractivity contribution in [1.82, 2.24) is 4.98 Å². The minimum absolute atomic E-state index is 0.0869. The SMILES string of the molecule is Cc1ncc(C(O)C2CCOC3(CCCC3)C2)s1. The maximum atomic E-state index is 10.5. The van der Waals surface area contributed by atoms with Crippen LogP contribution in [0.3, 0.4) is 0 Å². The normalized spacial score (nSPS) is 28.7. The van der Waals surface area contributed by atoms with E-state index in [1.54, 1.807) is 11.3 Å². The molecule has 0 radical (unpaired) electrons. The van der Waals surface area contributed by atoms with Gasteiger partial charge < -0.3 is 9.84 Å². The lowest BCUT2D eigenvalue weighted by Crippen LogP contribution is -2.39. The number of aliphatic hydroxyl groups excluding tert-OH is 1. The van der Waals surface area contributed by atoms with Crippen LogP contribution in [0.5, 0.6) is 0 Å². The van der Waals surface area contributed by atoms with Gasteiger partial charge in [-0.25, -0.2) is 4.98 Å². The summed E-state index contributed by atoms with van der Waals surface area (Å²) in [6, 6.07) is 0. The van der Waals surface area contributed by atoms with Crippen molar-refractivity contribution in [2.45, 2.75) is 57.2 Å². The molecule has 1 spiro atoms. The molecule has 1 aliphatic carbocycles. The van der Waals surface area contributed by atoms with E-state index in [1.807, 2.05) is 13.1 Å². The summed E-state index contributed by atoms with van der Waals surface area (Å²) >= 11 is 1.62. The molecule has 18 heavy (non-hydrogen) atoms. The van der Waals surface area contributed by atoms with Crippen molar-refractivity contribution in [3.8, 4) is 0 Å². The predicted molar refractivity (Wildman–Crippen MR) is 71.7 cm³/mol. The van der Waals surface area contributed by atoms with Crippen molar-refractivity contribution in [2.75, 3.05) is 6.61 Å². The summed E-state index contributed by atoms with van der Waals surface area (Å²) in [6.07, 6.45) is 8.39. The van der Waals surface area contributed by atoms with E-state index < -0.39 is 0 Å². The van der Waals surface area contributed by atoms with Crippen LogP contribution in [0.25, 0.3) is 0 Å². The van der Waals surface area contributed by atoms with E-state index in [1.165, 1.54) is 25.7 Å². The molecule has 4 heteroatoms. The molecular weight excluding hydrogens is 246 g/mol. The Hall–Kier alpha value is -0.450. The van der Waals surface area contributed by atoms with E-state index in [9.17, 15) is 5.11 Å². The smallest absolute Gasteiger partial charge is 0.0928 e. The minimum atomic E-state index is -0.349. The van der Waals surface area contributed by atoms with Gasteiger partial charge in [-0.2, -0.15) is 0 Å². The van der Waals surface area contributed by atoms with Crippen molar-refractivity contribution in [1.29, 1.82) is 0 Å². The molecule has 2 unspecified atom stereocenters. The molecule has 1 aromatic rings. The van der Waals surface area contributed by atoms with Gasteiger partial charge in [0.25, 0.3) is 0 Å². The number of hydrogen-bond acceptors (Lipinski definition) is 4. The van der Waals surface area contributed by atoms with Gasteiger partial charge in [0.05, 0.1) is 21.6 Å². The number of aryl methyl sites for hydroxylation is 1. The minimum Gasteiger partial charge on any atom is -0.387 e. The summed E-state index contributed by atoms with van der Waals surface area (Å²) in [6.45, 7) is 2.79. The summed E-state index contributed by atoms with van der Waals surface area (Å²) in [5.74, 6) is 0.344. The highest BCUT2D eigenvalue weighted by Gasteiger charge is 2.42. The average molecular weight is 267 g/mol. The van der Waals surface area contributed by atoms with Crippen molar-refractivity contribution >= 4 is 11.3 Å². The van der Waals surface area contributed by atoms with Gasteiger partial charge >= 0.3 is 0 Å². The molecule has 2 heterocycles. The van der Waals surface area contributed by atoms with Gasteiger partial charge in [-0.15, -0.1) is 11.3 Å². The monoisotopic (exact) mass is 267 g/mol. The van der Waals surface area contributed by atoms with E-state index in [0.29, 0.717) is 5.92 Å². The molecule has 0 amide bonds. The first kappa shape index (κ1) is 12.6. The fourth-order valence-corrected chi connectivity index (χ4v) is 4.31. The molecule has 1 saturated carbocycles. The van der Waals surface area contributed by atoms with Crippen LogP contribution >= 0.6 is 11.3 Å². The van der Waals surface area contributed by atoms with Gasteiger partial charge in [0, 0.05) is 12.8 Å². The lowest BCUT2D eigenvalue weighted by atomic mass is 9.81. The van der Waals surface area contributed by atoms with E-state index in [4.69, 9.17) is 4.74 Å². The zero-order valence-electron chi connectivity index (χ0n) is 10.9. The standard InChI is InChI=1S/C14H21NO2S/c1-10-15-9-12(18-10)13(16)11-4-7-17-14(8-11)5-2-3-6-14/h9,11,13,16H,2-8H2,1H3. The fourth-order valence-electron chi connectivity index (χ4n) is 3.45. The largest absolute Gasteiger partial charge is 0.387 e. The van der Waals surface area contributed by atoms with Gasteiger partial charge in [0.15, 0.2) is 0 Å². The molecular formula is C14H21NO2S. The van der Waals surface area contributed by atoms with Crippen LogP contribution in [0.4, 0.5) is 0 Å². The van der Waals surface area contributed by atoms with Crippen molar-refractivity contribution in [2.24, 2.45) is 5.92 Å². The van der Waals surface area contributed by atoms with Crippen molar-refractivity contribution in [3.05, 3.63) is 16.1 Å². The van der Waals surface area contributed by atoms with Gasteiger partial charge in [0.1, 0.15) is 0 Å². The second-order valence-electron chi connectivity index (χ2n) is 5.72. The number of thiazole rings is 1. The third kappa shape index (κ3) is 2.33. The number of ether oxygens (including phenoxy) is 1. The molecule has 1 N–H and O–H groups in total. The molecule has 2 aliphatic rings. The van der Waals surface area contributed by atoms with Crippen LogP contribution < -0.4 is 0 Å². The number of nitrogens with zero attached hydrogens (tertiary/aromatic N) is 1. The first-order valence-corrected chi connectivity index (χ1v) is 7.75. The third-order valence-corrected chi connectivity index (χ3v) is 5.41. The summed E-state index contributed by atoms with van der Waals surface area (Å²) in [5, 5.41) is 11.6. The Morgan fingerprint density at radius 2 is 2.28 bits per heavy atom. The molecule has 100 valence electrons.